The van der Waals surface area contributed by atoms with Crippen molar-refractivity contribution in [3.05, 3.63) is 0 Å². The number of hydrogen-bond donors (Lipinski definition) is 2. The molecule has 0 fully saturated rings. The zero-order chi connectivity index (χ0) is 23.3. The van der Waals surface area contributed by atoms with Crippen molar-refractivity contribution < 1.29 is 32.5 Å². The van der Waals surface area contributed by atoms with E-state index in [9.17, 15) is 32.5 Å². The number of carboxylic acids is 1. The highest BCUT2D eigenvalue weighted by Gasteiger charge is 2.29. The van der Waals surface area contributed by atoms with Gasteiger partial charge in [-0.1, -0.05) is 41.5 Å². The normalized spacial score (nSPS) is 14.2. The smallest absolute Gasteiger partial charge is 0.223 e. The SMILES string of the molecule is CCC(C)C(=O)NC(C)(C)S(=O)(=O)[O-].CCC(C)C(=O)[O-].CCC(C)C(N)=O. The number of carbonyl (C=O) groups is 3. The van der Waals surface area contributed by atoms with Crippen LogP contribution < -0.4 is 16.2 Å². The van der Waals surface area contributed by atoms with Crippen LogP contribution in [0.3, 0.4) is 0 Å². The van der Waals surface area contributed by atoms with Gasteiger partial charge in [-0.15, -0.1) is 0 Å². The summed E-state index contributed by atoms with van der Waals surface area (Å²) in [7, 11) is -4.52. The first-order chi connectivity index (χ1) is 12.5. The molecule has 28 heavy (non-hydrogen) atoms. The van der Waals surface area contributed by atoms with E-state index in [1.165, 1.54) is 13.8 Å². The number of amides is 2. The Bertz CT molecular complexity index is 569. The average molecular weight is 425 g/mol. The van der Waals surface area contributed by atoms with Gasteiger partial charge < -0.3 is 25.5 Å². The van der Waals surface area contributed by atoms with Crippen LogP contribution in [0.5, 0.6) is 0 Å². The van der Waals surface area contributed by atoms with Crippen LogP contribution in [0.4, 0.5) is 0 Å². The van der Waals surface area contributed by atoms with Crippen LogP contribution in [0.25, 0.3) is 0 Å². The Balaban J connectivity index is -0.000000375. The van der Waals surface area contributed by atoms with E-state index in [1.54, 1.807) is 13.8 Å². The standard InChI is InChI=1S/C8H17NO4S.C5H11NO.C5H10O2/c1-5-6(2)7(10)9-8(3,4)14(11,12)13;2*1-3-4(2)5(6)7/h6H,5H2,1-4H3,(H,9,10)(H,11,12,13);4H,3H2,1-2H3,(H2,6,7);4H,3H2,1-2H3,(H,6,7)/p-2. The number of nitrogens with two attached hydrogens (primary N) is 1. The third-order valence-corrected chi connectivity index (χ3v) is 5.57. The number of carbonyl (C=O) groups excluding carboxylic acids is 3. The maximum Gasteiger partial charge on any atom is 0.223 e. The lowest BCUT2D eigenvalue weighted by Gasteiger charge is -2.30. The number of carboxylic acid groups (broad SMARTS) is 1. The number of nitrogens with one attached hydrogen (secondary N) is 1. The van der Waals surface area contributed by atoms with Crippen molar-refractivity contribution in [3.63, 3.8) is 0 Å². The van der Waals surface area contributed by atoms with Crippen molar-refractivity contribution in [1.82, 2.24) is 5.32 Å². The Morgan fingerprint density at radius 1 is 0.929 bits per heavy atom. The maximum absolute atomic E-state index is 11.3. The summed E-state index contributed by atoms with van der Waals surface area (Å²) in [4.78, 5) is 29.6. The molecule has 2 amide bonds. The molecule has 3 atom stereocenters. The minimum absolute atomic E-state index is 0.0417. The quantitative estimate of drug-likeness (QED) is 0.541. The lowest BCUT2D eigenvalue weighted by molar-refractivity contribution is -0.311. The Kier molecular flexibility index (Phi) is 15.9. The highest BCUT2D eigenvalue weighted by Crippen LogP contribution is 2.12. The van der Waals surface area contributed by atoms with E-state index in [0.29, 0.717) is 12.8 Å². The highest BCUT2D eigenvalue weighted by molar-refractivity contribution is 7.87. The van der Waals surface area contributed by atoms with Crippen LogP contribution in [0, 0.1) is 17.8 Å². The summed E-state index contributed by atoms with van der Waals surface area (Å²) >= 11 is 0. The fourth-order valence-electron chi connectivity index (χ4n) is 1.04. The first-order valence-corrected chi connectivity index (χ1v) is 10.7. The van der Waals surface area contributed by atoms with Crippen molar-refractivity contribution in [1.29, 1.82) is 0 Å². The molecule has 0 aromatic carbocycles. The first-order valence-electron chi connectivity index (χ1n) is 9.25. The van der Waals surface area contributed by atoms with Crippen LogP contribution in [-0.2, 0) is 24.5 Å². The Morgan fingerprint density at radius 3 is 1.43 bits per heavy atom. The van der Waals surface area contributed by atoms with Crippen LogP contribution in [0.2, 0.25) is 0 Å². The van der Waals surface area contributed by atoms with Gasteiger partial charge in [0.25, 0.3) is 0 Å². The van der Waals surface area contributed by atoms with Gasteiger partial charge in [-0.2, -0.15) is 0 Å². The third kappa shape index (κ3) is 14.4. The van der Waals surface area contributed by atoms with Crippen LogP contribution in [-0.4, -0.2) is 35.6 Å². The van der Waals surface area contributed by atoms with Crippen molar-refractivity contribution in [3.8, 4) is 0 Å². The van der Waals surface area contributed by atoms with E-state index in [4.69, 9.17) is 5.73 Å². The zero-order valence-electron chi connectivity index (χ0n) is 18.2. The molecule has 0 aliphatic carbocycles. The van der Waals surface area contributed by atoms with E-state index in [-0.39, 0.29) is 23.7 Å². The number of aliphatic carboxylic acids is 1. The molecule has 0 aliphatic heterocycles. The molecule has 0 spiro atoms. The number of primary amides is 1. The average Bonchev–Trinajstić information content (AvgIpc) is 2.58. The summed E-state index contributed by atoms with van der Waals surface area (Å²) < 4.78 is 32.2. The summed E-state index contributed by atoms with van der Waals surface area (Å²) in [5.41, 5.74) is 4.91. The van der Waals surface area contributed by atoms with E-state index >= 15 is 0 Å². The second-order valence-corrected chi connectivity index (χ2v) is 9.03. The molecule has 9 nitrogen and oxygen atoms in total. The molecule has 0 aromatic rings. The van der Waals surface area contributed by atoms with Crippen molar-refractivity contribution in [2.45, 2.75) is 79.5 Å². The zero-order valence-corrected chi connectivity index (χ0v) is 19.0. The molecular weight excluding hydrogens is 388 g/mol. The number of rotatable bonds is 8. The van der Waals surface area contributed by atoms with Gasteiger partial charge in [0.1, 0.15) is 15.0 Å². The summed E-state index contributed by atoms with van der Waals surface area (Å²) in [6.07, 6.45) is 2.10. The molecule has 0 aliphatic rings. The summed E-state index contributed by atoms with van der Waals surface area (Å²) in [5, 5.41) is 12.0. The molecule has 0 rings (SSSR count). The molecule has 0 saturated heterocycles. The Labute approximate surface area is 169 Å². The molecule has 3 unspecified atom stereocenters. The van der Waals surface area contributed by atoms with Gasteiger partial charge in [0.2, 0.25) is 11.8 Å². The van der Waals surface area contributed by atoms with Gasteiger partial charge in [0, 0.05) is 17.8 Å². The predicted octanol–water partition coefficient (Wildman–Crippen LogP) is 0.730. The minimum Gasteiger partial charge on any atom is -0.746 e. The molecule has 0 radical (unpaired) electrons. The summed E-state index contributed by atoms with van der Waals surface area (Å²) in [5.74, 6) is -2.13. The third-order valence-electron chi connectivity index (χ3n) is 4.22. The fourth-order valence-corrected chi connectivity index (χ4v) is 1.26. The highest BCUT2D eigenvalue weighted by atomic mass is 32.2. The van der Waals surface area contributed by atoms with E-state index < -0.39 is 26.9 Å². The van der Waals surface area contributed by atoms with Crippen molar-refractivity contribution in [2.75, 3.05) is 0 Å². The fraction of sp³-hybridized carbons (Fsp3) is 0.833. The first kappa shape index (κ1) is 31.0. The second kappa shape index (κ2) is 14.3. The molecular formula is C18H36N2O7S-2. The van der Waals surface area contributed by atoms with Crippen molar-refractivity contribution >= 4 is 27.9 Å². The Morgan fingerprint density at radius 2 is 1.29 bits per heavy atom. The monoisotopic (exact) mass is 424 g/mol. The van der Waals surface area contributed by atoms with Crippen LogP contribution in [0.1, 0.15) is 74.7 Å². The van der Waals surface area contributed by atoms with Gasteiger partial charge in [-0.25, -0.2) is 8.42 Å². The van der Waals surface area contributed by atoms with E-state index in [1.807, 2.05) is 27.7 Å². The molecule has 0 bridgehead atoms. The molecule has 10 heteroatoms. The summed E-state index contributed by atoms with van der Waals surface area (Å²) in [6, 6.07) is 0. The van der Waals surface area contributed by atoms with Gasteiger partial charge >= 0.3 is 0 Å². The lowest BCUT2D eigenvalue weighted by atomic mass is 10.1. The molecule has 0 aromatic heterocycles. The van der Waals surface area contributed by atoms with Crippen LogP contribution >= 0.6 is 0 Å². The largest absolute Gasteiger partial charge is 0.746 e. The van der Waals surface area contributed by atoms with Gasteiger partial charge in [0.05, 0.1) is 0 Å². The lowest BCUT2D eigenvalue weighted by Crippen LogP contribution is -2.50. The number of hydrogen-bond acceptors (Lipinski definition) is 7. The predicted molar refractivity (Wildman–Crippen MR) is 104 cm³/mol. The van der Waals surface area contributed by atoms with Gasteiger partial charge in [-0.05, 0) is 39.0 Å². The molecule has 0 heterocycles. The Hall–Kier alpha value is -1.68. The minimum atomic E-state index is -4.52. The van der Waals surface area contributed by atoms with E-state index in [2.05, 4.69) is 5.32 Å². The van der Waals surface area contributed by atoms with Gasteiger partial charge in [0.15, 0.2) is 0 Å². The van der Waals surface area contributed by atoms with E-state index in [0.717, 1.165) is 6.42 Å². The molecule has 0 saturated carbocycles. The maximum atomic E-state index is 11.3. The summed E-state index contributed by atoms with van der Waals surface area (Å²) in [6.45, 7) is 13.0. The second-order valence-electron chi connectivity index (χ2n) is 7.10. The molecule has 168 valence electrons. The van der Waals surface area contributed by atoms with Crippen molar-refractivity contribution in [2.24, 2.45) is 23.5 Å². The topological polar surface area (TPSA) is 170 Å². The molecule has 3 N–H and O–H groups in total. The van der Waals surface area contributed by atoms with Crippen LogP contribution in [0.15, 0.2) is 0 Å². The van der Waals surface area contributed by atoms with Gasteiger partial charge in [-0.3, -0.25) is 9.59 Å².